The molecule has 0 radical (unpaired) electrons. The third-order valence-corrected chi connectivity index (χ3v) is 4.37. The molecule has 1 aliphatic rings. The van der Waals surface area contributed by atoms with Crippen molar-refractivity contribution >= 4 is 28.2 Å². The van der Waals surface area contributed by atoms with Gasteiger partial charge in [0.05, 0.1) is 10.4 Å². The lowest BCUT2D eigenvalue weighted by Gasteiger charge is -2.12. The number of nitrogens with zero attached hydrogens (tertiary/aromatic N) is 2. The topological polar surface area (TPSA) is 42.1 Å². The van der Waals surface area contributed by atoms with Gasteiger partial charge < -0.3 is 5.73 Å². The lowest BCUT2D eigenvalue weighted by atomic mass is 10.3. The zero-order valence-corrected chi connectivity index (χ0v) is 9.99. The summed E-state index contributed by atoms with van der Waals surface area (Å²) in [6.07, 6.45) is 1.87. The molecular formula is C9H14FN3S2. The van der Waals surface area contributed by atoms with Gasteiger partial charge in [0.25, 0.3) is 0 Å². The summed E-state index contributed by atoms with van der Waals surface area (Å²) in [6.45, 7) is 2.45. The molecule has 1 unspecified atom stereocenters. The smallest absolute Gasteiger partial charge is 0.181 e. The molecule has 0 saturated carbocycles. The molecule has 2 N–H and O–H groups in total. The van der Waals surface area contributed by atoms with Crippen LogP contribution in [-0.4, -0.2) is 41.4 Å². The molecule has 0 bridgehead atoms. The molecule has 0 amide bonds. The van der Waals surface area contributed by atoms with E-state index in [1.165, 1.54) is 11.3 Å². The molecule has 6 heteroatoms. The van der Waals surface area contributed by atoms with Gasteiger partial charge in [0, 0.05) is 25.4 Å². The van der Waals surface area contributed by atoms with Crippen LogP contribution in [0.5, 0.6) is 0 Å². The van der Waals surface area contributed by atoms with E-state index in [-0.39, 0.29) is 0 Å². The number of hydrogen-bond donors (Lipinski definition) is 1. The van der Waals surface area contributed by atoms with Crippen molar-refractivity contribution in [2.24, 2.45) is 0 Å². The Morgan fingerprint density at radius 3 is 3.20 bits per heavy atom. The molecular weight excluding hydrogens is 233 g/mol. The van der Waals surface area contributed by atoms with Gasteiger partial charge >= 0.3 is 0 Å². The third kappa shape index (κ3) is 3.32. The van der Waals surface area contributed by atoms with Gasteiger partial charge in [0.2, 0.25) is 0 Å². The van der Waals surface area contributed by atoms with Crippen molar-refractivity contribution in [2.75, 3.05) is 31.1 Å². The highest BCUT2D eigenvalue weighted by atomic mass is 32.2. The number of hydrogen-bond acceptors (Lipinski definition) is 5. The minimum absolute atomic E-state index is 0.603. The lowest BCUT2D eigenvalue weighted by molar-refractivity contribution is 0.299. The first-order chi connectivity index (χ1) is 7.24. The Labute approximate surface area is 96.9 Å². The monoisotopic (exact) mass is 247 g/mol. The van der Waals surface area contributed by atoms with E-state index in [4.69, 9.17) is 5.73 Å². The second-order valence-electron chi connectivity index (χ2n) is 3.55. The molecule has 2 heterocycles. The summed E-state index contributed by atoms with van der Waals surface area (Å²) < 4.78 is 14.0. The Balaban J connectivity index is 1.67. The summed E-state index contributed by atoms with van der Waals surface area (Å²) in [5.41, 5.74) is 5.52. The van der Waals surface area contributed by atoms with Crippen molar-refractivity contribution < 1.29 is 4.39 Å². The van der Waals surface area contributed by atoms with Gasteiger partial charge in [-0.05, 0) is 6.42 Å². The summed E-state index contributed by atoms with van der Waals surface area (Å²) >= 11 is 3.25. The number of anilines is 1. The maximum absolute atomic E-state index is 12.9. The highest BCUT2D eigenvalue weighted by Gasteiger charge is 2.20. The van der Waals surface area contributed by atoms with Crippen molar-refractivity contribution in [2.45, 2.75) is 16.8 Å². The predicted molar refractivity (Wildman–Crippen MR) is 63.2 cm³/mol. The Hall–Kier alpha value is -0.330. The molecule has 1 aliphatic heterocycles. The number of likely N-dealkylation sites (tertiary alicyclic amines) is 1. The van der Waals surface area contributed by atoms with E-state index in [1.807, 2.05) is 0 Å². The summed E-state index contributed by atoms with van der Waals surface area (Å²) in [6, 6.07) is 0. The van der Waals surface area contributed by atoms with E-state index >= 15 is 0 Å². The normalized spacial score (nSPS) is 22.3. The van der Waals surface area contributed by atoms with Crippen LogP contribution in [0.1, 0.15) is 6.42 Å². The van der Waals surface area contributed by atoms with Gasteiger partial charge in [-0.2, -0.15) is 0 Å². The zero-order valence-electron chi connectivity index (χ0n) is 8.36. The minimum atomic E-state index is -0.617. The molecule has 84 valence electrons. The van der Waals surface area contributed by atoms with E-state index in [1.54, 1.807) is 18.0 Å². The van der Waals surface area contributed by atoms with Crippen LogP contribution >= 0.6 is 23.1 Å². The third-order valence-electron chi connectivity index (χ3n) is 2.37. The fraction of sp³-hybridized carbons (Fsp3) is 0.667. The molecule has 0 spiro atoms. The van der Waals surface area contributed by atoms with Gasteiger partial charge in [-0.1, -0.05) is 11.3 Å². The number of thiazole rings is 1. The Kier molecular flexibility index (Phi) is 3.82. The van der Waals surface area contributed by atoms with Crippen LogP contribution in [-0.2, 0) is 0 Å². The van der Waals surface area contributed by atoms with Crippen molar-refractivity contribution in [3.05, 3.63) is 6.20 Å². The molecule has 1 fully saturated rings. The SMILES string of the molecule is Nc1ncc(SCCN2CCC(F)C2)s1. The second-order valence-corrected chi connectivity index (χ2v) is 6.01. The lowest BCUT2D eigenvalue weighted by Crippen LogP contribution is -2.23. The summed E-state index contributed by atoms with van der Waals surface area (Å²) in [5.74, 6) is 0.981. The number of nitrogens with two attached hydrogens (primary N) is 1. The fourth-order valence-electron chi connectivity index (χ4n) is 1.60. The first-order valence-electron chi connectivity index (χ1n) is 4.94. The van der Waals surface area contributed by atoms with Gasteiger partial charge in [0.1, 0.15) is 6.17 Å². The van der Waals surface area contributed by atoms with Crippen LogP contribution in [0.2, 0.25) is 0 Å². The molecule has 2 rings (SSSR count). The van der Waals surface area contributed by atoms with Crippen LogP contribution in [0, 0.1) is 0 Å². The van der Waals surface area contributed by atoms with Gasteiger partial charge in [0.15, 0.2) is 5.13 Å². The number of rotatable bonds is 4. The van der Waals surface area contributed by atoms with Crippen LogP contribution < -0.4 is 5.73 Å². The summed E-state index contributed by atoms with van der Waals surface area (Å²) in [7, 11) is 0. The first-order valence-corrected chi connectivity index (χ1v) is 6.75. The van der Waals surface area contributed by atoms with Crippen LogP contribution in [0.3, 0.4) is 0 Å². The number of alkyl halides is 1. The Morgan fingerprint density at radius 1 is 1.73 bits per heavy atom. The quantitative estimate of drug-likeness (QED) is 0.825. The summed E-state index contributed by atoms with van der Waals surface area (Å²) in [5, 5.41) is 0.613. The van der Waals surface area contributed by atoms with E-state index < -0.39 is 6.17 Å². The standard InChI is InChI=1S/C9H14FN3S2/c10-7-1-2-13(6-7)3-4-14-8-5-12-9(11)15-8/h5,7H,1-4,6H2,(H2,11,12). The Morgan fingerprint density at radius 2 is 2.60 bits per heavy atom. The van der Waals surface area contributed by atoms with Crippen molar-refractivity contribution in [3.63, 3.8) is 0 Å². The summed E-state index contributed by atoms with van der Waals surface area (Å²) in [4.78, 5) is 6.15. The van der Waals surface area contributed by atoms with E-state index in [0.717, 1.165) is 23.1 Å². The largest absolute Gasteiger partial charge is 0.375 e. The average Bonchev–Trinajstić information content (AvgIpc) is 2.76. The molecule has 15 heavy (non-hydrogen) atoms. The van der Waals surface area contributed by atoms with E-state index in [2.05, 4.69) is 9.88 Å². The minimum Gasteiger partial charge on any atom is -0.375 e. The number of halogens is 1. The van der Waals surface area contributed by atoms with Gasteiger partial charge in [-0.15, -0.1) is 11.8 Å². The average molecular weight is 247 g/mol. The molecule has 1 atom stereocenters. The fourth-order valence-corrected chi connectivity index (χ4v) is 3.44. The molecule has 1 aromatic rings. The Bertz CT molecular complexity index is 318. The molecule has 0 aromatic carbocycles. The molecule has 1 aromatic heterocycles. The molecule has 1 saturated heterocycles. The highest BCUT2D eigenvalue weighted by Crippen LogP contribution is 2.26. The number of aromatic nitrogens is 1. The van der Waals surface area contributed by atoms with Gasteiger partial charge in [-0.3, -0.25) is 4.90 Å². The van der Waals surface area contributed by atoms with E-state index in [0.29, 0.717) is 18.1 Å². The second kappa shape index (κ2) is 5.14. The molecule has 0 aliphatic carbocycles. The van der Waals surface area contributed by atoms with E-state index in [9.17, 15) is 4.39 Å². The number of thioether (sulfide) groups is 1. The predicted octanol–water partition coefficient (Wildman–Crippen LogP) is 1.86. The van der Waals surface area contributed by atoms with Gasteiger partial charge in [-0.25, -0.2) is 9.37 Å². The highest BCUT2D eigenvalue weighted by molar-refractivity contribution is 8.01. The number of nitrogen functional groups attached to an aromatic ring is 1. The first kappa shape index (κ1) is 11.2. The van der Waals surface area contributed by atoms with Crippen molar-refractivity contribution in [1.82, 2.24) is 9.88 Å². The van der Waals surface area contributed by atoms with Crippen LogP contribution in [0.25, 0.3) is 0 Å². The van der Waals surface area contributed by atoms with Crippen LogP contribution in [0.4, 0.5) is 9.52 Å². The maximum Gasteiger partial charge on any atom is 0.181 e. The molecule has 3 nitrogen and oxygen atoms in total. The zero-order chi connectivity index (χ0) is 10.7. The van der Waals surface area contributed by atoms with Crippen molar-refractivity contribution in [1.29, 1.82) is 0 Å². The van der Waals surface area contributed by atoms with Crippen molar-refractivity contribution in [3.8, 4) is 0 Å². The maximum atomic E-state index is 12.9. The van der Waals surface area contributed by atoms with Crippen LogP contribution in [0.15, 0.2) is 10.4 Å².